The van der Waals surface area contributed by atoms with E-state index in [0.717, 1.165) is 5.56 Å². The Kier molecular flexibility index (Phi) is 3.15. The molecule has 1 aromatic rings. The van der Waals surface area contributed by atoms with E-state index in [0.29, 0.717) is 6.61 Å². The summed E-state index contributed by atoms with van der Waals surface area (Å²) in [6.07, 6.45) is 5.73. The monoisotopic (exact) mass is 234 g/mol. The van der Waals surface area contributed by atoms with Gasteiger partial charge in [-0.05, 0) is 22.6 Å². The molecule has 84 valence electrons. The van der Waals surface area contributed by atoms with E-state index >= 15 is 0 Å². The largest absolute Gasteiger partial charge is 0.453 e. The van der Waals surface area contributed by atoms with Gasteiger partial charge in [0.15, 0.2) is 0 Å². The summed E-state index contributed by atoms with van der Waals surface area (Å²) >= 11 is 0. The molecule has 2 nitrogen and oxygen atoms in total. The first kappa shape index (κ1) is 11.0. The number of hydrogen-bond donors (Lipinski definition) is 0. The minimum absolute atomic E-state index is 0.124. The van der Waals surface area contributed by atoms with Crippen LogP contribution in [0.2, 0.25) is 0 Å². The summed E-state index contributed by atoms with van der Waals surface area (Å²) in [6, 6.07) is 9.72. The second kappa shape index (κ2) is 4.58. The van der Waals surface area contributed by atoms with E-state index in [9.17, 15) is 4.79 Å². The van der Waals surface area contributed by atoms with Crippen molar-refractivity contribution in [2.45, 2.75) is 6.61 Å². The summed E-state index contributed by atoms with van der Waals surface area (Å²) in [4.78, 5) is 11.9. The van der Waals surface area contributed by atoms with Crippen LogP contribution < -0.4 is 0 Å². The van der Waals surface area contributed by atoms with Crippen LogP contribution in [0, 0.1) is 0 Å². The molecule has 1 aromatic carbocycles. The van der Waals surface area contributed by atoms with Crippen LogP contribution >= 0.6 is 10.0 Å². The van der Waals surface area contributed by atoms with Crippen molar-refractivity contribution in [1.29, 1.82) is 0 Å². The van der Waals surface area contributed by atoms with Gasteiger partial charge in [0.25, 0.3) is 0 Å². The Morgan fingerprint density at radius 1 is 1.19 bits per heavy atom. The highest BCUT2D eigenvalue weighted by Crippen LogP contribution is 2.51. The molecule has 0 saturated carbocycles. The minimum atomic E-state index is -1.47. The maximum absolute atomic E-state index is 11.9. The van der Waals surface area contributed by atoms with Crippen LogP contribution in [0.15, 0.2) is 53.3 Å². The maximum Gasteiger partial charge on any atom is 0.356 e. The van der Waals surface area contributed by atoms with Gasteiger partial charge < -0.3 is 4.74 Å². The third kappa shape index (κ3) is 2.36. The van der Waals surface area contributed by atoms with Gasteiger partial charge in [-0.25, -0.2) is 4.79 Å². The molecule has 0 saturated heterocycles. The highest BCUT2D eigenvalue weighted by Gasteiger charge is 2.25. The summed E-state index contributed by atoms with van der Waals surface area (Å²) in [5.41, 5.74) is 1.02. The molecule has 2 rings (SSSR count). The highest BCUT2D eigenvalue weighted by molar-refractivity contribution is 8.48. The fourth-order valence-electron chi connectivity index (χ4n) is 1.42. The van der Waals surface area contributed by atoms with Crippen LogP contribution in [0.25, 0.3) is 0 Å². The van der Waals surface area contributed by atoms with E-state index in [2.05, 4.69) is 0 Å². The normalized spacial score (nSPS) is 18.3. The van der Waals surface area contributed by atoms with Crippen molar-refractivity contribution in [2.24, 2.45) is 0 Å². The Morgan fingerprint density at radius 2 is 1.81 bits per heavy atom. The Hall–Kier alpha value is -1.48. The molecule has 0 radical (unpaired) electrons. The Morgan fingerprint density at radius 3 is 2.44 bits per heavy atom. The summed E-state index contributed by atoms with van der Waals surface area (Å²) < 4.78 is 5.31. The van der Waals surface area contributed by atoms with Gasteiger partial charge in [-0.3, -0.25) is 0 Å². The Balaban J connectivity index is 1.94. The number of allylic oxidation sites excluding steroid dienone is 2. The van der Waals surface area contributed by atoms with Gasteiger partial charge in [0.1, 0.15) is 6.61 Å². The van der Waals surface area contributed by atoms with Crippen LogP contribution in [-0.4, -0.2) is 11.6 Å². The molecule has 0 bridgehead atoms. The number of rotatable bonds is 2. The Labute approximate surface area is 96.9 Å². The Bertz CT molecular complexity index is 423. The lowest BCUT2D eigenvalue weighted by Gasteiger charge is -2.22. The van der Waals surface area contributed by atoms with Gasteiger partial charge in [-0.1, -0.05) is 42.5 Å². The van der Waals surface area contributed by atoms with Crippen LogP contribution in [0.1, 0.15) is 5.56 Å². The molecule has 0 atom stereocenters. The number of benzene rings is 1. The minimum Gasteiger partial charge on any atom is -0.453 e. The summed E-state index contributed by atoms with van der Waals surface area (Å²) in [5.74, 6) is 0. The number of ether oxygens (including phenoxy) is 1. The highest BCUT2D eigenvalue weighted by atomic mass is 32.3. The van der Waals surface area contributed by atoms with E-state index < -0.39 is 10.0 Å². The lowest BCUT2D eigenvalue weighted by molar-refractivity contribution is 0.168. The first-order valence-electron chi connectivity index (χ1n) is 5.04. The molecule has 0 N–H and O–H groups in total. The zero-order valence-electron chi connectivity index (χ0n) is 9.13. The predicted molar refractivity (Wildman–Crippen MR) is 68.4 cm³/mol. The van der Waals surface area contributed by atoms with Gasteiger partial charge >= 0.3 is 5.30 Å². The molecular weight excluding hydrogens is 220 g/mol. The third-order valence-corrected chi connectivity index (χ3v) is 4.67. The molecule has 1 aliphatic heterocycles. The van der Waals surface area contributed by atoms with E-state index in [1.807, 2.05) is 59.6 Å². The number of carbonyl (C=O) groups excluding carboxylic acids is 1. The molecule has 3 heteroatoms. The van der Waals surface area contributed by atoms with E-state index in [1.165, 1.54) is 0 Å². The van der Waals surface area contributed by atoms with Crippen molar-refractivity contribution >= 4 is 15.3 Å². The van der Waals surface area contributed by atoms with Crippen molar-refractivity contribution < 1.29 is 9.53 Å². The van der Waals surface area contributed by atoms with Crippen LogP contribution in [0.5, 0.6) is 0 Å². The predicted octanol–water partition coefficient (Wildman–Crippen LogP) is 3.80. The van der Waals surface area contributed by atoms with Crippen LogP contribution in [-0.2, 0) is 11.3 Å². The molecule has 0 spiro atoms. The average Bonchev–Trinajstić information content (AvgIpc) is 2.76. The van der Waals surface area contributed by atoms with Crippen molar-refractivity contribution in [3.05, 3.63) is 58.9 Å². The number of carbonyl (C=O) groups is 1. The van der Waals surface area contributed by atoms with Gasteiger partial charge in [0, 0.05) is 0 Å². The number of hydrogen-bond acceptors (Lipinski definition) is 2. The molecule has 0 unspecified atom stereocenters. The fourth-order valence-corrected chi connectivity index (χ4v) is 2.88. The summed E-state index contributed by atoms with van der Waals surface area (Å²) in [5, 5.41) is 3.74. The molecule has 0 aliphatic carbocycles. The van der Waals surface area contributed by atoms with Gasteiger partial charge in [-0.15, -0.1) is 10.0 Å². The lowest BCUT2D eigenvalue weighted by atomic mass is 10.2. The third-order valence-electron chi connectivity index (χ3n) is 2.39. The molecule has 0 fully saturated rings. The zero-order valence-corrected chi connectivity index (χ0v) is 9.94. The molecule has 1 heterocycles. The van der Waals surface area contributed by atoms with E-state index in [4.69, 9.17) is 4.74 Å². The first-order valence-corrected chi connectivity index (χ1v) is 7.21. The average molecular weight is 234 g/mol. The van der Waals surface area contributed by atoms with Gasteiger partial charge in [0.2, 0.25) is 0 Å². The SMILES string of the molecule is CS1(C(=O)OCc2ccccc2)C=CC=C1. The van der Waals surface area contributed by atoms with Crippen molar-refractivity contribution in [3.8, 4) is 0 Å². The first-order chi connectivity index (χ1) is 7.71. The molecule has 16 heavy (non-hydrogen) atoms. The second-order valence-corrected chi connectivity index (χ2v) is 6.70. The fraction of sp³-hybridized carbons (Fsp3) is 0.154. The zero-order chi connectivity index (χ0) is 11.4. The molecule has 0 amide bonds. The molecule has 0 aromatic heterocycles. The van der Waals surface area contributed by atoms with Gasteiger partial charge in [0.05, 0.1) is 0 Å². The van der Waals surface area contributed by atoms with Crippen molar-refractivity contribution in [3.63, 3.8) is 0 Å². The second-order valence-electron chi connectivity index (χ2n) is 3.73. The quantitative estimate of drug-likeness (QED) is 0.727. The van der Waals surface area contributed by atoms with Crippen LogP contribution in [0.3, 0.4) is 0 Å². The smallest absolute Gasteiger partial charge is 0.356 e. The molecular formula is C13H14O2S. The van der Waals surface area contributed by atoms with Crippen molar-refractivity contribution in [2.75, 3.05) is 6.26 Å². The lowest BCUT2D eigenvalue weighted by Crippen LogP contribution is -2.08. The topological polar surface area (TPSA) is 26.3 Å². The summed E-state index contributed by atoms with van der Waals surface area (Å²) in [7, 11) is -1.47. The van der Waals surface area contributed by atoms with Crippen molar-refractivity contribution in [1.82, 2.24) is 0 Å². The maximum atomic E-state index is 11.9. The van der Waals surface area contributed by atoms with E-state index in [-0.39, 0.29) is 5.30 Å². The van der Waals surface area contributed by atoms with Crippen LogP contribution in [0.4, 0.5) is 4.79 Å². The molecule has 1 aliphatic rings. The summed E-state index contributed by atoms with van der Waals surface area (Å²) in [6.45, 7) is 0.351. The van der Waals surface area contributed by atoms with Gasteiger partial charge in [-0.2, -0.15) is 0 Å². The standard InChI is InChI=1S/C13H14O2S/c1-16(9-5-6-10-16)13(14)15-11-12-7-3-2-4-8-12/h2-10H,11H2,1H3. The van der Waals surface area contributed by atoms with E-state index in [1.54, 1.807) is 0 Å².